The molecule has 1 aromatic carbocycles. The van der Waals surface area contributed by atoms with Crippen LogP contribution in [-0.4, -0.2) is 20.9 Å². The maximum atomic E-state index is 12.1. The van der Waals surface area contributed by atoms with Crippen LogP contribution < -0.4 is 5.32 Å². The van der Waals surface area contributed by atoms with Crippen LogP contribution in [0.1, 0.15) is 16.2 Å². The van der Waals surface area contributed by atoms with Gasteiger partial charge in [0.25, 0.3) is 5.91 Å². The van der Waals surface area contributed by atoms with Crippen molar-refractivity contribution in [1.82, 2.24) is 15.0 Å². The van der Waals surface area contributed by atoms with Crippen LogP contribution in [0.15, 0.2) is 36.1 Å². The number of carbonyl (C=O) groups is 1. The highest BCUT2D eigenvalue weighted by atomic mass is 32.1. The van der Waals surface area contributed by atoms with Gasteiger partial charge in [-0.2, -0.15) is 0 Å². The zero-order valence-corrected chi connectivity index (χ0v) is 10.9. The molecule has 2 heterocycles. The average Bonchev–Trinajstić information content (AvgIpc) is 2.89. The lowest BCUT2D eigenvalue weighted by atomic mass is 10.2. The number of nitrogens with one attached hydrogen (secondary N) is 1. The summed E-state index contributed by atoms with van der Waals surface area (Å²) < 4.78 is 0.962. The molecule has 3 rings (SSSR count). The lowest BCUT2D eigenvalue weighted by Crippen LogP contribution is -2.12. The lowest BCUT2D eigenvalue weighted by molar-refractivity contribution is 0.102. The minimum Gasteiger partial charge on any atom is -0.321 e. The number of hydrogen-bond acceptors (Lipinski definition) is 5. The van der Waals surface area contributed by atoms with Gasteiger partial charge in [-0.1, -0.05) is 6.07 Å². The molecule has 6 heteroatoms. The first-order valence-corrected chi connectivity index (χ1v) is 6.54. The molecular weight excluding hydrogens is 260 g/mol. The summed E-state index contributed by atoms with van der Waals surface area (Å²) >= 11 is 1.50. The first-order valence-electron chi connectivity index (χ1n) is 5.66. The molecule has 0 spiro atoms. The summed E-state index contributed by atoms with van der Waals surface area (Å²) in [6, 6.07) is 5.63. The Morgan fingerprint density at radius 2 is 2.00 bits per heavy atom. The Bertz CT molecular complexity index is 736. The van der Waals surface area contributed by atoms with Crippen LogP contribution >= 0.6 is 11.3 Å². The van der Waals surface area contributed by atoms with E-state index >= 15 is 0 Å². The van der Waals surface area contributed by atoms with Crippen molar-refractivity contribution < 1.29 is 4.79 Å². The Morgan fingerprint density at radius 1 is 1.21 bits per heavy atom. The second kappa shape index (κ2) is 4.74. The van der Waals surface area contributed by atoms with Gasteiger partial charge in [0, 0.05) is 12.4 Å². The topological polar surface area (TPSA) is 67.8 Å². The molecule has 5 nitrogen and oxygen atoms in total. The van der Waals surface area contributed by atoms with E-state index in [1.54, 1.807) is 12.4 Å². The molecule has 0 radical (unpaired) electrons. The van der Waals surface area contributed by atoms with Gasteiger partial charge >= 0.3 is 0 Å². The molecule has 0 saturated carbocycles. The van der Waals surface area contributed by atoms with Gasteiger partial charge in [0.1, 0.15) is 5.82 Å². The number of aryl methyl sites for hydroxylation is 1. The minimum atomic E-state index is -0.221. The third-order valence-corrected chi connectivity index (χ3v) is 3.52. The van der Waals surface area contributed by atoms with Crippen LogP contribution in [0, 0.1) is 6.92 Å². The molecule has 0 aliphatic rings. The number of anilines is 1. The van der Waals surface area contributed by atoms with Crippen LogP contribution in [0.5, 0.6) is 0 Å². The van der Waals surface area contributed by atoms with E-state index in [-0.39, 0.29) is 5.91 Å². The molecule has 2 aromatic heterocycles. The summed E-state index contributed by atoms with van der Waals surface area (Å²) in [6.45, 7) is 1.78. The van der Waals surface area contributed by atoms with Crippen molar-refractivity contribution >= 4 is 33.1 Å². The second-order valence-electron chi connectivity index (χ2n) is 3.98. The molecular formula is C13H10N4OS. The Balaban J connectivity index is 1.90. The van der Waals surface area contributed by atoms with Crippen molar-refractivity contribution in [3.05, 3.63) is 47.5 Å². The predicted octanol–water partition coefficient (Wildman–Crippen LogP) is 2.65. The van der Waals surface area contributed by atoms with Crippen LogP contribution in [0.25, 0.3) is 10.2 Å². The van der Waals surface area contributed by atoms with Gasteiger partial charge in [-0.25, -0.2) is 15.0 Å². The maximum Gasteiger partial charge on any atom is 0.258 e. The molecule has 1 N–H and O–H groups in total. The van der Waals surface area contributed by atoms with Gasteiger partial charge in [0.15, 0.2) is 0 Å². The van der Waals surface area contributed by atoms with Crippen molar-refractivity contribution in [3.8, 4) is 0 Å². The Kier molecular flexibility index (Phi) is 2.92. The second-order valence-corrected chi connectivity index (χ2v) is 4.83. The van der Waals surface area contributed by atoms with Gasteiger partial charge in [-0.05, 0) is 19.1 Å². The van der Waals surface area contributed by atoms with Crippen LogP contribution in [0.3, 0.4) is 0 Å². The predicted molar refractivity (Wildman–Crippen MR) is 74.3 cm³/mol. The van der Waals surface area contributed by atoms with E-state index in [0.29, 0.717) is 11.4 Å². The fourth-order valence-electron chi connectivity index (χ4n) is 1.69. The van der Waals surface area contributed by atoms with Gasteiger partial charge < -0.3 is 5.32 Å². The summed E-state index contributed by atoms with van der Waals surface area (Å²) in [5, 5.41) is 2.86. The first-order chi connectivity index (χ1) is 9.24. The van der Waals surface area contributed by atoms with Crippen molar-refractivity contribution in [2.24, 2.45) is 0 Å². The molecule has 0 aliphatic heterocycles. The Labute approximate surface area is 113 Å². The van der Waals surface area contributed by atoms with Crippen molar-refractivity contribution in [2.75, 3.05) is 5.32 Å². The average molecular weight is 270 g/mol. The fraction of sp³-hybridized carbons (Fsp3) is 0.0769. The van der Waals surface area contributed by atoms with Crippen molar-refractivity contribution in [1.29, 1.82) is 0 Å². The number of fused-ring (bicyclic) bond motifs is 1. The van der Waals surface area contributed by atoms with E-state index in [0.717, 1.165) is 15.9 Å². The summed E-state index contributed by atoms with van der Waals surface area (Å²) in [5.41, 5.74) is 3.83. The summed E-state index contributed by atoms with van der Waals surface area (Å²) in [6.07, 6.45) is 3.04. The number of nitrogens with zero attached hydrogens (tertiary/aromatic N) is 3. The largest absolute Gasteiger partial charge is 0.321 e. The monoisotopic (exact) mass is 270 g/mol. The number of carbonyl (C=O) groups excluding carboxylic acids is 1. The van der Waals surface area contributed by atoms with Gasteiger partial charge in [-0.15, -0.1) is 11.3 Å². The quantitative estimate of drug-likeness (QED) is 0.777. The Hall–Kier alpha value is -2.34. The molecule has 0 unspecified atom stereocenters. The minimum absolute atomic E-state index is 0.221. The van der Waals surface area contributed by atoms with Crippen molar-refractivity contribution in [2.45, 2.75) is 6.92 Å². The van der Waals surface area contributed by atoms with Crippen molar-refractivity contribution in [3.63, 3.8) is 0 Å². The zero-order chi connectivity index (χ0) is 13.2. The third-order valence-electron chi connectivity index (χ3n) is 2.65. The van der Waals surface area contributed by atoms with Crippen LogP contribution in [0.2, 0.25) is 0 Å². The molecule has 94 valence electrons. The summed E-state index contributed by atoms with van der Waals surface area (Å²) in [7, 11) is 0. The van der Waals surface area contributed by atoms with E-state index in [4.69, 9.17) is 0 Å². The van der Waals surface area contributed by atoms with Crippen LogP contribution in [0.4, 0.5) is 5.69 Å². The van der Waals surface area contributed by atoms with E-state index in [2.05, 4.69) is 20.3 Å². The number of aromatic nitrogens is 3. The van der Waals surface area contributed by atoms with Gasteiger partial charge in [-0.3, -0.25) is 4.79 Å². The number of hydrogen-bond donors (Lipinski definition) is 1. The highest BCUT2D eigenvalue weighted by molar-refractivity contribution is 7.17. The number of thiazole rings is 1. The molecule has 3 aromatic rings. The normalized spacial score (nSPS) is 10.6. The standard InChI is InChI=1S/C13H10N4OS/c1-8-14-5-9(6-15-8)13(18)17-11-4-2-3-10-12(11)19-7-16-10/h2-7H,1H3,(H,17,18). The lowest BCUT2D eigenvalue weighted by Gasteiger charge is -2.05. The molecule has 1 amide bonds. The van der Waals surface area contributed by atoms with Gasteiger partial charge in [0.05, 0.1) is 27.0 Å². The molecule has 19 heavy (non-hydrogen) atoms. The summed E-state index contributed by atoms with van der Waals surface area (Å²) in [4.78, 5) is 24.3. The van der Waals surface area contributed by atoms with Crippen LogP contribution in [-0.2, 0) is 0 Å². The molecule has 0 atom stereocenters. The van der Waals surface area contributed by atoms with E-state index in [9.17, 15) is 4.79 Å². The highest BCUT2D eigenvalue weighted by Crippen LogP contribution is 2.26. The number of rotatable bonds is 2. The fourth-order valence-corrected chi connectivity index (χ4v) is 2.45. The molecule has 0 saturated heterocycles. The first kappa shape index (κ1) is 11.7. The van der Waals surface area contributed by atoms with Gasteiger partial charge in [0.2, 0.25) is 0 Å². The number of amides is 1. The van der Waals surface area contributed by atoms with E-state index in [1.807, 2.05) is 18.2 Å². The Morgan fingerprint density at radius 3 is 2.79 bits per heavy atom. The van der Waals surface area contributed by atoms with E-state index < -0.39 is 0 Å². The smallest absolute Gasteiger partial charge is 0.258 e. The summed E-state index contributed by atoms with van der Waals surface area (Å²) in [5.74, 6) is 0.419. The SMILES string of the molecule is Cc1ncc(C(=O)Nc2cccc3ncsc23)cn1. The molecule has 0 fully saturated rings. The highest BCUT2D eigenvalue weighted by Gasteiger charge is 2.10. The number of benzene rings is 1. The molecule has 0 aliphatic carbocycles. The van der Waals surface area contributed by atoms with E-state index in [1.165, 1.54) is 23.7 Å². The zero-order valence-electron chi connectivity index (χ0n) is 10.1. The maximum absolute atomic E-state index is 12.1. The third kappa shape index (κ3) is 2.30. The molecule has 0 bridgehead atoms.